The fraction of sp³-hybridized carbons (Fsp3) is 0.538. The molecule has 2 saturated heterocycles. The lowest BCUT2D eigenvalue weighted by molar-refractivity contribution is -0.137. The van der Waals surface area contributed by atoms with E-state index in [1.807, 2.05) is 11.0 Å². The third-order valence-electron chi connectivity index (χ3n) is 7.07. The van der Waals surface area contributed by atoms with Gasteiger partial charge in [0, 0.05) is 38.3 Å². The maximum absolute atomic E-state index is 12.7. The summed E-state index contributed by atoms with van der Waals surface area (Å²) in [4.78, 5) is 21.0. The second-order valence-corrected chi connectivity index (χ2v) is 9.45. The number of amides is 1. The summed E-state index contributed by atoms with van der Waals surface area (Å²) in [5.74, 6) is 1.24. The minimum Gasteiger partial charge on any atom is -0.357 e. The van der Waals surface area contributed by atoms with E-state index in [0.29, 0.717) is 44.2 Å². The highest BCUT2D eigenvalue weighted by molar-refractivity contribution is 5.78. The van der Waals surface area contributed by atoms with E-state index < -0.39 is 11.7 Å². The van der Waals surface area contributed by atoms with Gasteiger partial charge in [0.2, 0.25) is 5.91 Å². The van der Waals surface area contributed by atoms with Crippen LogP contribution in [0.2, 0.25) is 0 Å². The molecule has 2 aromatic rings. The fourth-order valence-electron chi connectivity index (χ4n) is 4.93. The van der Waals surface area contributed by atoms with Crippen LogP contribution in [-0.2, 0) is 17.5 Å². The zero-order chi connectivity index (χ0) is 24.0. The van der Waals surface area contributed by atoms with E-state index in [9.17, 15) is 18.0 Å². The van der Waals surface area contributed by atoms with E-state index in [1.54, 1.807) is 0 Å². The summed E-state index contributed by atoms with van der Waals surface area (Å²) in [5.41, 5.74) is 0.612. The first-order valence-corrected chi connectivity index (χ1v) is 12.2. The van der Waals surface area contributed by atoms with Crippen LogP contribution in [0.3, 0.4) is 0 Å². The number of likely N-dealkylation sites (tertiary alicyclic amines) is 1. The van der Waals surface area contributed by atoms with Crippen LogP contribution in [0.5, 0.6) is 0 Å². The topological polar surface area (TPSA) is 48.5 Å². The molecular formula is C26H33F3N4O. The van der Waals surface area contributed by atoms with Crippen molar-refractivity contribution in [3.63, 3.8) is 0 Å². The molecular weight excluding hydrogens is 441 g/mol. The second-order valence-electron chi connectivity index (χ2n) is 9.45. The highest BCUT2D eigenvalue weighted by Gasteiger charge is 2.31. The number of hydrogen-bond acceptors (Lipinski definition) is 4. The van der Waals surface area contributed by atoms with E-state index in [-0.39, 0.29) is 11.8 Å². The van der Waals surface area contributed by atoms with Gasteiger partial charge in [-0.1, -0.05) is 30.3 Å². The molecule has 184 valence electrons. The molecule has 34 heavy (non-hydrogen) atoms. The van der Waals surface area contributed by atoms with Gasteiger partial charge in [0.1, 0.15) is 5.82 Å². The van der Waals surface area contributed by atoms with Crippen molar-refractivity contribution in [1.29, 1.82) is 0 Å². The van der Waals surface area contributed by atoms with Gasteiger partial charge in [0.15, 0.2) is 0 Å². The summed E-state index contributed by atoms with van der Waals surface area (Å²) in [6.07, 6.45) is 1.22. The number of anilines is 1. The molecule has 4 rings (SSSR count). The number of rotatable bonds is 7. The Kier molecular flexibility index (Phi) is 8.08. The first-order valence-electron chi connectivity index (χ1n) is 12.2. The van der Waals surface area contributed by atoms with Gasteiger partial charge in [-0.05, 0) is 68.8 Å². The lowest BCUT2D eigenvalue weighted by Crippen LogP contribution is -2.41. The molecule has 1 aromatic heterocycles. The van der Waals surface area contributed by atoms with Crippen LogP contribution in [0.1, 0.15) is 43.2 Å². The van der Waals surface area contributed by atoms with Crippen LogP contribution in [0, 0.1) is 11.8 Å². The average Bonchev–Trinajstić information content (AvgIpc) is 2.85. The molecule has 1 aromatic carbocycles. The van der Waals surface area contributed by atoms with Crippen LogP contribution in [-0.4, -0.2) is 48.5 Å². The predicted molar refractivity (Wildman–Crippen MR) is 126 cm³/mol. The van der Waals surface area contributed by atoms with Gasteiger partial charge in [0.05, 0.1) is 5.56 Å². The van der Waals surface area contributed by atoms with Gasteiger partial charge < -0.3 is 10.2 Å². The van der Waals surface area contributed by atoms with Crippen molar-refractivity contribution in [3.8, 4) is 0 Å². The first-order chi connectivity index (χ1) is 16.4. The number of nitrogens with zero attached hydrogens (tertiary/aromatic N) is 3. The minimum atomic E-state index is -4.38. The number of benzene rings is 1. The normalized spacial score (nSPS) is 18.7. The molecule has 1 N–H and O–H groups in total. The first kappa shape index (κ1) is 24.5. The summed E-state index contributed by atoms with van der Waals surface area (Å²) in [6.45, 7) is 5.16. The fourth-order valence-corrected chi connectivity index (χ4v) is 4.93. The maximum Gasteiger partial charge on any atom is 0.417 e. The van der Waals surface area contributed by atoms with Crippen LogP contribution < -0.4 is 10.2 Å². The van der Waals surface area contributed by atoms with Gasteiger partial charge in [-0.25, -0.2) is 4.98 Å². The molecule has 1 amide bonds. The van der Waals surface area contributed by atoms with Crippen molar-refractivity contribution in [1.82, 2.24) is 15.2 Å². The van der Waals surface area contributed by atoms with E-state index in [2.05, 4.69) is 39.5 Å². The smallest absolute Gasteiger partial charge is 0.357 e. The standard InChI is InChI=1S/C26H33F3N4O/c27-26(28,29)23-6-7-24(31-18-23)33-16-11-22(12-17-33)25(34)30-13-8-20-9-14-32(15-10-20)19-21-4-2-1-3-5-21/h1-7,18,20,22H,8-17,19H2,(H,30,34). The van der Waals surface area contributed by atoms with Crippen LogP contribution >= 0.6 is 0 Å². The average molecular weight is 475 g/mol. The number of nitrogens with one attached hydrogen (secondary N) is 1. The monoisotopic (exact) mass is 474 g/mol. The Morgan fingerprint density at radius 2 is 1.68 bits per heavy atom. The van der Waals surface area contributed by atoms with Crippen molar-refractivity contribution >= 4 is 11.7 Å². The van der Waals surface area contributed by atoms with E-state index in [1.165, 1.54) is 24.5 Å². The molecule has 3 heterocycles. The molecule has 0 saturated carbocycles. The number of hydrogen-bond donors (Lipinski definition) is 1. The highest BCUT2D eigenvalue weighted by Crippen LogP contribution is 2.30. The number of carbonyl (C=O) groups excluding carboxylic acids is 1. The maximum atomic E-state index is 12.7. The van der Waals surface area contributed by atoms with Gasteiger partial charge in [-0.15, -0.1) is 0 Å². The van der Waals surface area contributed by atoms with Crippen LogP contribution in [0.15, 0.2) is 48.7 Å². The SMILES string of the molecule is O=C(NCCC1CCN(Cc2ccccc2)CC1)C1CCN(c2ccc(C(F)(F)F)cn2)CC1. The van der Waals surface area contributed by atoms with Crippen LogP contribution in [0.4, 0.5) is 19.0 Å². The van der Waals surface area contributed by atoms with E-state index in [0.717, 1.165) is 38.3 Å². The lowest BCUT2D eigenvalue weighted by Gasteiger charge is -2.33. The molecule has 2 fully saturated rings. The number of halogens is 3. The quantitative estimate of drug-likeness (QED) is 0.630. The zero-order valence-electron chi connectivity index (χ0n) is 19.4. The summed E-state index contributed by atoms with van der Waals surface area (Å²) in [5, 5.41) is 3.12. The highest BCUT2D eigenvalue weighted by atomic mass is 19.4. The van der Waals surface area contributed by atoms with E-state index >= 15 is 0 Å². The van der Waals surface area contributed by atoms with Crippen molar-refractivity contribution in [2.24, 2.45) is 11.8 Å². The Labute approximate surface area is 199 Å². The van der Waals surface area contributed by atoms with Gasteiger partial charge >= 0.3 is 6.18 Å². The molecule has 0 bridgehead atoms. The number of carbonyl (C=O) groups is 1. The Balaban J connectivity index is 1.12. The van der Waals surface area contributed by atoms with Crippen molar-refractivity contribution < 1.29 is 18.0 Å². The largest absolute Gasteiger partial charge is 0.417 e. The molecule has 2 aliphatic rings. The number of alkyl halides is 3. The molecule has 5 nitrogen and oxygen atoms in total. The second kappa shape index (κ2) is 11.2. The molecule has 0 unspecified atom stereocenters. The van der Waals surface area contributed by atoms with Crippen LogP contribution in [0.25, 0.3) is 0 Å². The Morgan fingerprint density at radius 1 is 0.971 bits per heavy atom. The predicted octanol–water partition coefficient (Wildman–Crippen LogP) is 4.74. The van der Waals surface area contributed by atoms with Crippen molar-refractivity contribution in [3.05, 3.63) is 59.8 Å². The van der Waals surface area contributed by atoms with Crippen molar-refractivity contribution in [2.45, 2.75) is 44.8 Å². The Morgan fingerprint density at radius 3 is 2.29 bits per heavy atom. The molecule has 8 heteroatoms. The molecule has 2 aliphatic heterocycles. The van der Waals surface area contributed by atoms with Crippen molar-refractivity contribution in [2.75, 3.05) is 37.6 Å². The Hall–Kier alpha value is -2.61. The molecule has 0 aliphatic carbocycles. The number of pyridine rings is 1. The third-order valence-corrected chi connectivity index (χ3v) is 7.07. The summed E-state index contributed by atoms with van der Waals surface area (Å²) in [7, 11) is 0. The summed E-state index contributed by atoms with van der Waals surface area (Å²) in [6, 6.07) is 13.0. The molecule has 0 atom stereocenters. The number of aromatic nitrogens is 1. The van der Waals surface area contributed by atoms with Gasteiger partial charge in [0.25, 0.3) is 0 Å². The number of piperidine rings is 2. The van der Waals surface area contributed by atoms with Gasteiger partial charge in [-0.2, -0.15) is 13.2 Å². The Bertz CT molecular complexity index is 904. The zero-order valence-corrected chi connectivity index (χ0v) is 19.4. The third kappa shape index (κ3) is 6.72. The van der Waals surface area contributed by atoms with E-state index in [4.69, 9.17) is 0 Å². The molecule has 0 spiro atoms. The lowest BCUT2D eigenvalue weighted by atomic mass is 9.92. The van der Waals surface area contributed by atoms with Gasteiger partial charge in [-0.3, -0.25) is 9.69 Å². The summed E-state index contributed by atoms with van der Waals surface area (Å²) < 4.78 is 38.2. The summed E-state index contributed by atoms with van der Waals surface area (Å²) >= 11 is 0. The minimum absolute atomic E-state index is 0.0431. The molecule has 0 radical (unpaired) electrons.